The van der Waals surface area contributed by atoms with Crippen LogP contribution in [0.25, 0.3) is 0 Å². The van der Waals surface area contributed by atoms with Crippen molar-refractivity contribution in [3.05, 3.63) is 28.2 Å². The minimum atomic E-state index is -3.44. The maximum Gasteiger partial charge on any atom is 0.244 e. The zero-order chi connectivity index (χ0) is 14.3. The molecule has 1 aliphatic rings. The van der Waals surface area contributed by atoms with Crippen LogP contribution < -0.4 is 5.73 Å². The summed E-state index contributed by atoms with van der Waals surface area (Å²) in [6, 6.07) is 5.37. The highest BCUT2D eigenvalue weighted by molar-refractivity contribution is 9.10. The van der Waals surface area contributed by atoms with E-state index in [1.165, 1.54) is 0 Å². The molecule has 0 saturated carbocycles. The van der Waals surface area contributed by atoms with Crippen LogP contribution in [0.5, 0.6) is 0 Å². The molecule has 0 aliphatic carbocycles. The van der Waals surface area contributed by atoms with Crippen molar-refractivity contribution in [1.29, 1.82) is 0 Å². The van der Waals surface area contributed by atoms with Crippen LogP contribution in [0.15, 0.2) is 27.6 Å². The largest absolute Gasteiger partial charge is 0.330 e. The Kier molecular flexibility index (Phi) is 5.66. The molecule has 0 aromatic heterocycles. The Bertz CT molecular complexity index is 594. The summed E-state index contributed by atoms with van der Waals surface area (Å²) in [6.07, 6.45) is 0.812. The molecule has 0 amide bonds. The van der Waals surface area contributed by atoms with Gasteiger partial charge in [-0.2, -0.15) is 4.31 Å². The molecule has 1 heterocycles. The molecule has 2 rings (SSSR count). The molecule has 1 aliphatic heterocycles. The Labute approximate surface area is 135 Å². The van der Waals surface area contributed by atoms with Crippen LogP contribution >= 0.6 is 28.3 Å². The van der Waals surface area contributed by atoms with Crippen molar-refractivity contribution < 1.29 is 8.42 Å². The van der Waals surface area contributed by atoms with Crippen molar-refractivity contribution in [3.8, 4) is 0 Å². The second-order valence-electron chi connectivity index (χ2n) is 5.54. The van der Waals surface area contributed by atoms with Gasteiger partial charge in [0.1, 0.15) is 0 Å². The molecule has 1 saturated heterocycles. The Morgan fingerprint density at radius 3 is 2.65 bits per heavy atom. The smallest absolute Gasteiger partial charge is 0.244 e. The number of hydrogen-bond donors (Lipinski definition) is 1. The molecule has 114 valence electrons. The van der Waals surface area contributed by atoms with Crippen molar-refractivity contribution in [2.24, 2.45) is 11.1 Å². The highest BCUT2D eigenvalue weighted by Gasteiger charge is 2.39. The maximum atomic E-state index is 12.7. The molecule has 1 unspecified atom stereocenters. The summed E-state index contributed by atoms with van der Waals surface area (Å²) in [7, 11) is -3.44. The van der Waals surface area contributed by atoms with E-state index in [2.05, 4.69) is 15.9 Å². The van der Waals surface area contributed by atoms with Gasteiger partial charge in [-0.15, -0.1) is 12.4 Å². The molecule has 1 aromatic carbocycles. The summed E-state index contributed by atoms with van der Waals surface area (Å²) in [5.41, 5.74) is 6.56. The summed E-state index contributed by atoms with van der Waals surface area (Å²) >= 11 is 3.33. The molecule has 2 N–H and O–H groups in total. The number of benzene rings is 1. The van der Waals surface area contributed by atoms with Gasteiger partial charge in [0.05, 0.1) is 4.90 Å². The van der Waals surface area contributed by atoms with Crippen LogP contribution in [0.3, 0.4) is 0 Å². The zero-order valence-corrected chi connectivity index (χ0v) is 14.8. The molecule has 1 aromatic rings. The van der Waals surface area contributed by atoms with Crippen LogP contribution in [0.4, 0.5) is 0 Å². The van der Waals surface area contributed by atoms with E-state index in [1.54, 1.807) is 16.4 Å². The first-order chi connectivity index (χ1) is 8.78. The SMILES string of the molecule is Cc1ccc(Br)c(S(=O)(=O)N2CCC(C)(CN)C2)c1.Cl. The summed E-state index contributed by atoms with van der Waals surface area (Å²) < 4.78 is 27.5. The molecular weight excluding hydrogens is 364 g/mol. The molecule has 7 heteroatoms. The van der Waals surface area contributed by atoms with Gasteiger partial charge >= 0.3 is 0 Å². The van der Waals surface area contributed by atoms with Crippen LogP contribution in [-0.4, -0.2) is 32.4 Å². The van der Waals surface area contributed by atoms with Crippen molar-refractivity contribution in [2.75, 3.05) is 19.6 Å². The summed E-state index contributed by atoms with van der Waals surface area (Å²) in [6.45, 7) is 5.46. The van der Waals surface area contributed by atoms with Gasteiger partial charge in [-0.25, -0.2) is 8.42 Å². The van der Waals surface area contributed by atoms with Gasteiger partial charge in [-0.1, -0.05) is 13.0 Å². The van der Waals surface area contributed by atoms with E-state index in [4.69, 9.17) is 5.73 Å². The quantitative estimate of drug-likeness (QED) is 0.872. The number of nitrogens with two attached hydrogens (primary N) is 1. The van der Waals surface area contributed by atoms with Gasteiger partial charge in [-0.3, -0.25) is 0 Å². The van der Waals surface area contributed by atoms with E-state index in [-0.39, 0.29) is 17.8 Å². The molecule has 20 heavy (non-hydrogen) atoms. The van der Waals surface area contributed by atoms with Gasteiger partial charge in [-0.05, 0) is 58.9 Å². The maximum absolute atomic E-state index is 12.7. The highest BCUT2D eigenvalue weighted by Crippen LogP contribution is 2.34. The average Bonchev–Trinajstić information content (AvgIpc) is 2.76. The normalized spacial score (nSPS) is 23.6. The van der Waals surface area contributed by atoms with Gasteiger partial charge in [0, 0.05) is 17.6 Å². The van der Waals surface area contributed by atoms with E-state index in [0.29, 0.717) is 29.0 Å². The fraction of sp³-hybridized carbons (Fsp3) is 0.538. The highest BCUT2D eigenvalue weighted by atomic mass is 79.9. The summed E-state index contributed by atoms with van der Waals surface area (Å²) in [4.78, 5) is 0.341. The number of aryl methyl sites for hydroxylation is 1. The van der Waals surface area contributed by atoms with E-state index < -0.39 is 10.0 Å². The standard InChI is InChI=1S/C13H19BrN2O2S.ClH/c1-10-3-4-11(14)12(7-10)19(17,18)16-6-5-13(2,8-15)9-16;/h3-4,7H,5-6,8-9,15H2,1-2H3;1H. The lowest BCUT2D eigenvalue weighted by molar-refractivity contribution is 0.349. The van der Waals surface area contributed by atoms with Crippen molar-refractivity contribution in [2.45, 2.75) is 25.2 Å². The third-order valence-electron chi connectivity index (χ3n) is 3.72. The molecule has 0 radical (unpaired) electrons. The fourth-order valence-electron chi connectivity index (χ4n) is 2.30. The molecule has 1 atom stereocenters. The number of hydrogen-bond acceptors (Lipinski definition) is 3. The predicted molar refractivity (Wildman–Crippen MR) is 86.7 cm³/mol. The van der Waals surface area contributed by atoms with Crippen molar-refractivity contribution in [3.63, 3.8) is 0 Å². The predicted octanol–water partition coefficient (Wildman–Crippen LogP) is 2.54. The number of rotatable bonds is 3. The third kappa shape index (κ3) is 3.36. The van der Waals surface area contributed by atoms with E-state index in [1.807, 2.05) is 19.9 Å². The third-order valence-corrected chi connectivity index (χ3v) is 6.56. The number of halogens is 2. The second kappa shape index (κ2) is 6.32. The summed E-state index contributed by atoms with van der Waals surface area (Å²) in [5.74, 6) is 0. The van der Waals surface area contributed by atoms with Crippen LogP contribution in [-0.2, 0) is 10.0 Å². The van der Waals surface area contributed by atoms with Gasteiger partial charge in [0.25, 0.3) is 0 Å². The average molecular weight is 384 g/mol. The lowest BCUT2D eigenvalue weighted by atomic mass is 9.90. The first kappa shape index (κ1) is 17.9. The van der Waals surface area contributed by atoms with Crippen LogP contribution in [0, 0.1) is 12.3 Å². The number of sulfonamides is 1. The Balaban J connectivity index is 0.00000200. The first-order valence-corrected chi connectivity index (χ1v) is 8.48. The van der Waals surface area contributed by atoms with Crippen LogP contribution in [0.2, 0.25) is 0 Å². The molecule has 4 nitrogen and oxygen atoms in total. The first-order valence-electron chi connectivity index (χ1n) is 6.25. The number of nitrogens with zero attached hydrogens (tertiary/aromatic N) is 1. The van der Waals surface area contributed by atoms with E-state index >= 15 is 0 Å². The molecular formula is C13H20BrClN2O2S. The lowest BCUT2D eigenvalue weighted by Gasteiger charge is -2.22. The zero-order valence-electron chi connectivity index (χ0n) is 11.6. The minimum absolute atomic E-state index is 0. The Morgan fingerprint density at radius 2 is 2.10 bits per heavy atom. The van der Waals surface area contributed by atoms with Crippen LogP contribution in [0.1, 0.15) is 18.9 Å². The van der Waals surface area contributed by atoms with E-state index in [9.17, 15) is 8.42 Å². The fourth-order valence-corrected chi connectivity index (χ4v) is 4.90. The topological polar surface area (TPSA) is 63.4 Å². The molecule has 0 bridgehead atoms. The molecule has 1 fully saturated rings. The van der Waals surface area contributed by atoms with Gasteiger partial charge in [0.15, 0.2) is 0 Å². The Hall–Kier alpha value is -0.140. The van der Waals surface area contributed by atoms with E-state index in [0.717, 1.165) is 12.0 Å². The lowest BCUT2D eigenvalue weighted by Crippen LogP contribution is -2.34. The van der Waals surface area contributed by atoms with Crippen molar-refractivity contribution in [1.82, 2.24) is 4.31 Å². The van der Waals surface area contributed by atoms with Gasteiger partial charge < -0.3 is 5.73 Å². The van der Waals surface area contributed by atoms with Crippen molar-refractivity contribution >= 4 is 38.4 Å². The van der Waals surface area contributed by atoms with Gasteiger partial charge in [0.2, 0.25) is 10.0 Å². The Morgan fingerprint density at radius 1 is 1.45 bits per heavy atom. The summed E-state index contributed by atoms with van der Waals surface area (Å²) in [5, 5.41) is 0. The molecule has 0 spiro atoms. The second-order valence-corrected chi connectivity index (χ2v) is 8.30. The monoisotopic (exact) mass is 382 g/mol. The minimum Gasteiger partial charge on any atom is -0.330 e.